The molecular formula is C12H18N2O. The maximum absolute atomic E-state index is 11.4. The molecule has 3 heteroatoms. The Hall–Kier alpha value is -1.51. The molecule has 0 bridgehead atoms. The summed E-state index contributed by atoms with van der Waals surface area (Å²) in [6, 6.07) is 7.40. The second-order valence-corrected chi connectivity index (χ2v) is 3.62. The molecule has 0 aliphatic carbocycles. The molecule has 0 saturated carbocycles. The quantitative estimate of drug-likeness (QED) is 0.769. The Kier molecular flexibility index (Phi) is 4.16. The molecule has 0 atom stereocenters. The molecular weight excluding hydrogens is 188 g/mol. The highest BCUT2D eigenvalue weighted by Gasteiger charge is 2.09. The number of nitrogens with two attached hydrogens (primary N) is 1. The summed E-state index contributed by atoms with van der Waals surface area (Å²) in [6.07, 6.45) is 2.10. The van der Waals surface area contributed by atoms with E-state index in [0.29, 0.717) is 0 Å². The topological polar surface area (TPSA) is 46.3 Å². The van der Waals surface area contributed by atoms with E-state index in [1.54, 1.807) is 11.8 Å². The molecule has 0 aromatic heterocycles. The summed E-state index contributed by atoms with van der Waals surface area (Å²) in [5.41, 5.74) is 7.24. The summed E-state index contributed by atoms with van der Waals surface area (Å²) < 4.78 is 0. The van der Waals surface area contributed by atoms with Gasteiger partial charge in [0.1, 0.15) is 0 Å². The fraction of sp³-hybridized carbons (Fsp3) is 0.417. The monoisotopic (exact) mass is 206 g/mol. The van der Waals surface area contributed by atoms with Crippen molar-refractivity contribution in [2.45, 2.75) is 26.7 Å². The summed E-state index contributed by atoms with van der Waals surface area (Å²) in [4.78, 5) is 13.2. The molecule has 1 rings (SSSR count). The number of hydrogen-bond donors (Lipinski definition) is 1. The van der Waals surface area contributed by atoms with E-state index in [1.807, 2.05) is 24.3 Å². The van der Waals surface area contributed by atoms with Crippen LogP contribution in [0.15, 0.2) is 24.3 Å². The zero-order chi connectivity index (χ0) is 11.3. The van der Waals surface area contributed by atoms with Crippen molar-refractivity contribution in [1.82, 2.24) is 0 Å². The van der Waals surface area contributed by atoms with Crippen molar-refractivity contribution in [3.63, 3.8) is 0 Å². The lowest BCUT2D eigenvalue weighted by atomic mass is 10.2. The summed E-state index contributed by atoms with van der Waals surface area (Å²) in [6.45, 7) is 4.48. The first-order chi connectivity index (χ1) is 7.15. The number of nitrogens with zero attached hydrogens (tertiary/aromatic N) is 1. The molecule has 1 amide bonds. The largest absolute Gasteiger partial charge is 0.399 e. The Bertz CT molecular complexity index is 319. The number of carbonyl (C=O) groups excluding carboxylic acids is 1. The van der Waals surface area contributed by atoms with E-state index in [9.17, 15) is 4.79 Å². The van der Waals surface area contributed by atoms with Gasteiger partial charge in [-0.1, -0.05) is 13.3 Å². The van der Waals surface area contributed by atoms with Crippen molar-refractivity contribution in [2.24, 2.45) is 0 Å². The zero-order valence-corrected chi connectivity index (χ0v) is 9.36. The average Bonchev–Trinajstić information content (AvgIpc) is 2.21. The van der Waals surface area contributed by atoms with Gasteiger partial charge in [-0.25, -0.2) is 0 Å². The van der Waals surface area contributed by atoms with Gasteiger partial charge in [0, 0.05) is 24.8 Å². The van der Waals surface area contributed by atoms with Gasteiger partial charge in [0.05, 0.1) is 0 Å². The Morgan fingerprint density at radius 2 is 1.93 bits per heavy atom. The summed E-state index contributed by atoms with van der Waals surface area (Å²) in [7, 11) is 0. The van der Waals surface area contributed by atoms with Crippen molar-refractivity contribution < 1.29 is 4.79 Å². The number of benzene rings is 1. The van der Waals surface area contributed by atoms with Crippen LogP contribution in [0.3, 0.4) is 0 Å². The standard InChI is InChI=1S/C12H18N2O/c1-3-4-9-14(10(2)15)12-7-5-11(13)6-8-12/h5-8H,3-4,9,13H2,1-2H3. The second kappa shape index (κ2) is 5.39. The first kappa shape index (κ1) is 11.6. The van der Waals surface area contributed by atoms with Gasteiger partial charge < -0.3 is 10.6 Å². The maximum atomic E-state index is 11.4. The molecule has 0 saturated heterocycles. The minimum Gasteiger partial charge on any atom is -0.399 e. The van der Waals surface area contributed by atoms with E-state index in [-0.39, 0.29) is 5.91 Å². The lowest BCUT2D eigenvalue weighted by molar-refractivity contribution is -0.116. The highest BCUT2D eigenvalue weighted by atomic mass is 16.2. The lowest BCUT2D eigenvalue weighted by Crippen LogP contribution is -2.29. The third-order valence-corrected chi connectivity index (χ3v) is 2.32. The minimum absolute atomic E-state index is 0.0771. The van der Waals surface area contributed by atoms with Crippen LogP contribution in [-0.4, -0.2) is 12.5 Å². The molecule has 0 heterocycles. The SMILES string of the molecule is CCCCN(C(C)=O)c1ccc(N)cc1. The van der Waals surface area contributed by atoms with Crippen molar-refractivity contribution in [2.75, 3.05) is 17.2 Å². The number of rotatable bonds is 4. The first-order valence-electron chi connectivity index (χ1n) is 5.28. The fourth-order valence-electron chi connectivity index (χ4n) is 1.44. The van der Waals surface area contributed by atoms with Crippen LogP contribution in [0.1, 0.15) is 26.7 Å². The Morgan fingerprint density at radius 3 is 2.40 bits per heavy atom. The van der Waals surface area contributed by atoms with Gasteiger partial charge in [0.15, 0.2) is 0 Å². The summed E-state index contributed by atoms with van der Waals surface area (Å²) in [5, 5.41) is 0. The van der Waals surface area contributed by atoms with Crippen LogP contribution in [0, 0.1) is 0 Å². The van der Waals surface area contributed by atoms with Crippen LogP contribution in [0.5, 0.6) is 0 Å². The van der Waals surface area contributed by atoms with E-state index in [2.05, 4.69) is 6.92 Å². The minimum atomic E-state index is 0.0771. The zero-order valence-electron chi connectivity index (χ0n) is 9.36. The third kappa shape index (κ3) is 3.27. The van der Waals surface area contributed by atoms with Crippen molar-refractivity contribution in [3.8, 4) is 0 Å². The molecule has 0 spiro atoms. The highest BCUT2D eigenvalue weighted by Crippen LogP contribution is 2.17. The van der Waals surface area contributed by atoms with Crippen LogP contribution in [0.2, 0.25) is 0 Å². The van der Waals surface area contributed by atoms with Crippen molar-refractivity contribution >= 4 is 17.3 Å². The van der Waals surface area contributed by atoms with Crippen LogP contribution < -0.4 is 10.6 Å². The first-order valence-corrected chi connectivity index (χ1v) is 5.28. The summed E-state index contributed by atoms with van der Waals surface area (Å²) in [5.74, 6) is 0.0771. The predicted octanol–water partition coefficient (Wildman–Crippen LogP) is 2.42. The highest BCUT2D eigenvalue weighted by molar-refractivity contribution is 5.91. The predicted molar refractivity (Wildman–Crippen MR) is 63.8 cm³/mol. The Labute approximate surface area is 90.9 Å². The normalized spacial score (nSPS) is 10.0. The van der Waals surface area contributed by atoms with Gasteiger partial charge in [-0.3, -0.25) is 4.79 Å². The number of nitrogen functional groups attached to an aromatic ring is 1. The Morgan fingerprint density at radius 1 is 1.33 bits per heavy atom. The van der Waals surface area contributed by atoms with E-state index >= 15 is 0 Å². The lowest BCUT2D eigenvalue weighted by Gasteiger charge is -2.20. The van der Waals surface area contributed by atoms with Crippen LogP contribution in [0.25, 0.3) is 0 Å². The summed E-state index contributed by atoms with van der Waals surface area (Å²) >= 11 is 0. The van der Waals surface area contributed by atoms with Crippen LogP contribution >= 0.6 is 0 Å². The smallest absolute Gasteiger partial charge is 0.223 e. The second-order valence-electron chi connectivity index (χ2n) is 3.62. The van der Waals surface area contributed by atoms with Crippen molar-refractivity contribution in [1.29, 1.82) is 0 Å². The number of carbonyl (C=O) groups is 1. The van der Waals surface area contributed by atoms with Gasteiger partial charge in [-0.2, -0.15) is 0 Å². The van der Waals surface area contributed by atoms with E-state index in [0.717, 1.165) is 30.8 Å². The maximum Gasteiger partial charge on any atom is 0.223 e. The van der Waals surface area contributed by atoms with E-state index in [4.69, 9.17) is 5.73 Å². The van der Waals surface area contributed by atoms with Gasteiger partial charge >= 0.3 is 0 Å². The molecule has 15 heavy (non-hydrogen) atoms. The number of hydrogen-bond acceptors (Lipinski definition) is 2. The molecule has 0 radical (unpaired) electrons. The molecule has 1 aromatic carbocycles. The van der Waals surface area contributed by atoms with Gasteiger partial charge in [-0.05, 0) is 30.7 Å². The van der Waals surface area contributed by atoms with E-state index < -0.39 is 0 Å². The molecule has 0 fully saturated rings. The molecule has 2 N–H and O–H groups in total. The van der Waals surface area contributed by atoms with Crippen LogP contribution in [0.4, 0.5) is 11.4 Å². The number of unbranched alkanes of at least 4 members (excludes halogenated alkanes) is 1. The van der Waals surface area contributed by atoms with Gasteiger partial charge in [-0.15, -0.1) is 0 Å². The number of amides is 1. The molecule has 82 valence electrons. The van der Waals surface area contributed by atoms with Gasteiger partial charge in [0.2, 0.25) is 5.91 Å². The molecule has 1 aromatic rings. The average molecular weight is 206 g/mol. The van der Waals surface area contributed by atoms with Crippen molar-refractivity contribution in [3.05, 3.63) is 24.3 Å². The van der Waals surface area contributed by atoms with E-state index in [1.165, 1.54) is 0 Å². The molecule has 0 aliphatic rings. The molecule has 0 unspecified atom stereocenters. The molecule has 0 aliphatic heterocycles. The molecule has 3 nitrogen and oxygen atoms in total. The third-order valence-electron chi connectivity index (χ3n) is 2.32. The van der Waals surface area contributed by atoms with Crippen LogP contribution in [-0.2, 0) is 4.79 Å². The fourth-order valence-corrected chi connectivity index (χ4v) is 1.44. The van der Waals surface area contributed by atoms with Gasteiger partial charge in [0.25, 0.3) is 0 Å². The number of anilines is 2. The Balaban J connectivity index is 2.79.